The van der Waals surface area contributed by atoms with Crippen molar-refractivity contribution in [1.82, 2.24) is 19.9 Å². The Morgan fingerprint density at radius 3 is 2.70 bits per heavy atom. The maximum absolute atomic E-state index is 11.7. The number of ether oxygens (including phenoxy) is 1. The Kier molecular flexibility index (Phi) is 4.59. The van der Waals surface area contributed by atoms with Crippen molar-refractivity contribution in [2.75, 3.05) is 7.11 Å². The third-order valence-electron chi connectivity index (χ3n) is 5.25. The van der Waals surface area contributed by atoms with Crippen molar-refractivity contribution in [2.24, 2.45) is 0 Å². The maximum atomic E-state index is 11.7. The highest BCUT2D eigenvalue weighted by molar-refractivity contribution is 9.10. The van der Waals surface area contributed by atoms with Gasteiger partial charge in [-0.1, -0.05) is 39.6 Å². The molecule has 7 nitrogen and oxygen atoms in total. The molecule has 140 valence electrons. The molecule has 1 atom stereocenters. The summed E-state index contributed by atoms with van der Waals surface area (Å²) < 4.78 is 12.8. The Hall–Kier alpha value is -2.48. The maximum Gasteiger partial charge on any atom is 0.330 e. The van der Waals surface area contributed by atoms with Crippen molar-refractivity contribution in [3.8, 4) is 11.5 Å². The molecular formula is C19H19BrN4O3. The van der Waals surface area contributed by atoms with E-state index in [4.69, 9.17) is 9.26 Å². The number of halogens is 1. The highest BCUT2D eigenvalue weighted by Gasteiger charge is 2.44. The fourth-order valence-electron chi connectivity index (χ4n) is 3.41. The number of aromatic nitrogens is 4. The molecule has 1 unspecified atom stereocenters. The van der Waals surface area contributed by atoms with Crippen LogP contribution >= 0.6 is 15.9 Å². The summed E-state index contributed by atoms with van der Waals surface area (Å²) in [5.41, 5.74) is 1.67. The molecule has 0 saturated heterocycles. The van der Waals surface area contributed by atoms with Crippen molar-refractivity contribution < 1.29 is 14.1 Å². The van der Waals surface area contributed by atoms with E-state index in [0.717, 1.165) is 23.7 Å². The number of nitrogens with zero attached hydrogens (tertiary/aromatic N) is 4. The third-order valence-corrected chi connectivity index (χ3v) is 5.77. The van der Waals surface area contributed by atoms with Gasteiger partial charge >= 0.3 is 5.97 Å². The molecule has 0 N–H and O–H groups in total. The van der Waals surface area contributed by atoms with Crippen LogP contribution < -0.4 is 0 Å². The van der Waals surface area contributed by atoms with E-state index in [-0.39, 0.29) is 11.4 Å². The Morgan fingerprint density at radius 2 is 2.07 bits per heavy atom. The summed E-state index contributed by atoms with van der Waals surface area (Å²) in [4.78, 5) is 16.3. The van der Waals surface area contributed by atoms with Crippen LogP contribution in [0.5, 0.6) is 0 Å². The highest BCUT2D eigenvalue weighted by atomic mass is 79.9. The van der Waals surface area contributed by atoms with E-state index in [1.165, 1.54) is 17.4 Å². The number of esters is 1. The minimum absolute atomic E-state index is 0.197. The van der Waals surface area contributed by atoms with E-state index in [0.29, 0.717) is 17.3 Å². The van der Waals surface area contributed by atoms with Crippen LogP contribution in [0.3, 0.4) is 0 Å². The average Bonchev–Trinajstić information content (AvgIpc) is 3.30. The lowest BCUT2D eigenvalue weighted by Gasteiger charge is -2.39. The van der Waals surface area contributed by atoms with Gasteiger partial charge < -0.3 is 9.26 Å². The van der Waals surface area contributed by atoms with E-state index in [2.05, 4.69) is 43.3 Å². The molecule has 2 heterocycles. The quantitative estimate of drug-likeness (QED) is 0.570. The molecule has 0 bridgehead atoms. The van der Waals surface area contributed by atoms with Crippen molar-refractivity contribution in [2.45, 2.75) is 37.6 Å². The zero-order valence-electron chi connectivity index (χ0n) is 15.1. The van der Waals surface area contributed by atoms with E-state index >= 15 is 0 Å². The molecule has 0 radical (unpaired) electrons. The number of rotatable bonds is 5. The molecule has 0 aliphatic heterocycles. The number of carbonyl (C=O) groups excluding carboxylic acids is 1. The van der Waals surface area contributed by atoms with Gasteiger partial charge in [-0.25, -0.2) is 4.79 Å². The molecule has 1 aliphatic rings. The second kappa shape index (κ2) is 6.92. The lowest BCUT2D eigenvalue weighted by atomic mass is 9.64. The first-order valence-corrected chi connectivity index (χ1v) is 9.55. The monoisotopic (exact) mass is 430 g/mol. The van der Waals surface area contributed by atoms with E-state index in [1.54, 1.807) is 19.3 Å². The predicted octanol–water partition coefficient (Wildman–Crippen LogP) is 3.90. The summed E-state index contributed by atoms with van der Waals surface area (Å²) in [6.45, 7) is 1.72. The van der Waals surface area contributed by atoms with Crippen LogP contribution in [0.15, 0.2) is 45.7 Å². The summed E-state index contributed by atoms with van der Waals surface area (Å²) in [5, 5.41) is 8.48. The molecule has 3 aromatic rings. The zero-order chi connectivity index (χ0) is 19.0. The Balaban J connectivity index is 1.63. The smallest absolute Gasteiger partial charge is 0.330 e. The molecule has 1 aromatic carbocycles. The Labute approximate surface area is 164 Å². The number of benzene rings is 1. The Bertz CT molecular complexity index is 960. The second-order valence-corrected chi connectivity index (χ2v) is 7.69. The second-order valence-electron chi connectivity index (χ2n) is 6.77. The van der Waals surface area contributed by atoms with Gasteiger partial charge in [0.15, 0.2) is 5.82 Å². The molecule has 1 fully saturated rings. The lowest BCUT2D eigenvalue weighted by molar-refractivity contribution is -0.144. The van der Waals surface area contributed by atoms with Crippen LogP contribution in [-0.2, 0) is 14.9 Å². The first kappa shape index (κ1) is 17.9. The average molecular weight is 431 g/mol. The van der Waals surface area contributed by atoms with Crippen LogP contribution in [0.25, 0.3) is 11.5 Å². The number of carbonyl (C=O) groups is 1. The minimum atomic E-state index is -0.521. The normalized spacial score (nSPS) is 16.6. The molecule has 1 aliphatic carbocycles. The number of hydrogen-bond donors (Lipinski definition) is 0. The largest absolute Gasteiger partial charge is 0.467 e. The number of methoxy groups -OCH3 is 1. The van der Waals surface area contributed by atoms with Gasteiger partial charge in [-0.3, -0.25) is 4.68 Å². The van der Waals surface area contributed by atoms with Gasteiger partial charge in [-0.2, -0.15) is 10.1 Å². The minimum Gasteiger partial charge on any atom is -0.467 e. The van der Waals surface area contributed by atoms with Crippen molar-refractivity contribution >= 4 is 21.9 Å². The number of hydrogen-bond acceptors (Lipinski definition) is 6. The van der Waals surface area contributed by atoms with Gasteiger partial charge in [-0.15, -0.1) is 0 Å². The summed E-state index contributed by atoms with van der Waals surface area (Å²) >= 11 is 3.48. The van der Waals surface area contributed by atoms with Gasteiger partial charge in [0.2, 0.25) is 0 Å². The summed E-state index contributed by atoms with van der Waals surface area (Å²) in [5.74, 6) is 0.732. The van der Waals surface area contributed by atoms with Crippen LogP contribution in [0, 0.1) is 0 Å². The highest BCUT2D eigenvalue weighted by Crippen LogP contribution is 2.48. The molecule has 4 rings (SSSR count). The van der Waals surface area contributed by atoms with E-state index < -0.39 is 6.04 Å². The molecular weight excluding hydrogens is 412 g/mol. The van der Waals surface area contributed by atoms with Gasteiger partial charge in [0.1, 0.15) is 6.04 Å². The fraction of sp³-hybridized carbons (Fsp3) is 0.368. The van der Waals surface area contributed by atoms with Gasteiger partial charge in [0.25, 0.3) is 5.89 Å². The third kappa shape index (κ3) is 3.07. The Morgan fingerprint density at radius 1 is 1.33 bits per heavy atom. The van der Waals surface area contributed by atoms with Crippen LogP contribution in [0.1, 0.15) is 43.6 Å². The molecule has 0 amide bonds. The molecule has 8 heteroatoms. The lowest BCUT2D eigenvalue weighted by Crippen LogP contribution is -2.36. The first-order chi connectivity index (χ1) is 13.0. The van der Waals surface area contributed by atoms with E-state index in [9.17, 15) is 4.79 Å². The van der Waals surface area contributed by atoms with Crippen LogP contribution in [0.4, 0.5) is 0 Å². The molecule has 1 saturated carbocycles. The van der Waals surface area contributed by atoms with Crippen molar-refractivity contribution in [1.29, 1.82) is 0 Å². The first-order valence-electron chi connectivity index (χ1n) is 8.76. The molecule has 27 heavy (non-hydrogen) atoms. The summed E-state index contributed by atoms with van der Waals surface area (Å²) in [6, 6.07) is 7.76. The van der Waals surface area contributed by atoms with Crippen molar-refractivity contribution in [3.63, 3.8) is 0 Å². The van der Waals surface area contributed by atoms with Gasteiger partial charge in [0.05, 0.1) is 24.3 Å². The van der Waals surface area contributed by atoms with Crippen molar-refractivity contribution in [3.05, 3.63) is 52.5 Å². The SMILES string of the molecule is COC(=O)C(C)n1cc(-c2nc(C3(c4ccc(Br)cc4)CCC3)no2)cn1. The molecule has 2 aromatic heterocycles. The van der Waals surface area contributed by atoms with Crippen LogP contribution in [0.2, 0.25) is 0 Å². The predicted molar refractivity (Wildman–Crippen MR) is 101 cm³/mol. The summed E-state index contributed by atoms with van der Waals surface area (Å²) in [7, 11) is 1.35. The zero-order valence-corrected chi connectivity index (χ0v) is 16.6. The van der Waals surface area contributed by atoms with Gasteiger partial charge in [-0.05, 0) is 37.5 Å². The molecule has 0 spiro atoms. The standard InChI is InChI=1S/C19H19BrN4O3/c1-12(17(25)26-2)24-11-13(10-21-24)16-22-18(23-27-16)19(8-3-9-19)14-4-6-15(20)7-5-14/h4-7,10-12H,3,8-9H2,1-2H3. The fourth-order valence-corrected chi connectivity index (χ4v) is 3.68. The van der Waals surface area contributed by atoms with Crippen LogP contribution in [-0.4, -0.2) is 33.0 Å². The van der Waals surface area contributed by atoms with E-state index in [1.807, 2.05) is 12.1 Å². The van der Waals surface area contributed by atoms with Gasteiger partial charge in [0, 0.05) is 10.7 Å². The topological polar surface area (TPSA) is 83.0 Å². The summed E-state index contributed by atoms with van der Waals surface area (Å²) in [6.07, 6.45) is 6.45.